The molecule has 3 rings (SSSR count). The van der Waals surface area contributed by atoms with Gasteiger partial charge in [-0.05, 0) is 67.9 Å². The number of rotatable bonds is 6. The van der Waals surface area contributed by atoms with Crippen LogP contribution in [0.5, 0.6) is 0 Å². The zero-order valence-corrected chi connectivity index (χ0v) is 16.2. The number of benzene rings is 1. The fourth-order valence-electron chi connectivity index (χ4n) is 3.02. The van der Waals surface area contributed by atoms with E-state index in [1.807, 2.05) is 24.3 Å². The molecule has 26 heavy (non-hydrogen) atoms. The van der Waals surface area contributed by atoms with Crippen LogP contribution in [-0.4, -0.2) is 10.0 Å². The first kappa shape index (κ1) is 18.3. The summed E-state index contributed by atoms with van der Waals surface area (Å²) in [6.07, 6.45) is 4.31. The minimum atomic E-state index is -0.0239. The molecule has 1 atom stereocenters. The molecule has 0 saturated carbocycles. The highest BCUT2D eigenvalue weighted by atomic mass is 32.1. The van der Waals surface area contributed by atoms with Gasteiger partial charge in [0.2, 0.25) is 0 Å². The second kappa shape index (κ2) is 8.23. The topological polar surface area (TPSA) is 41.5 Å². The van der Waals surface area contributed by atoms with Gasteiger partial charge in [-0.15, -0.1) is 0 Å². The molecule has 0 spiro atoms. The van der Waals surface area contributed by atoms with Crippen molar-refractivity contribution in [1.29, 1.82) is 0 Å². The van der Waals surface area contributed by atoms with Crippen molar-refractivity contribution in [2.24, 2.45) is 0 Å². The molecule has 0 fully saturated rings. The molecule has 0 bridgehead atoms. The number of para-hydroxylation sites is 1. The van der Waals surface area contributed by atoms with Gasteiger partial charge >= 0.3 is 0 Å². The molecule has 1 N–H and O–H groups in total. The summed E-state index contributed by atoms with van der Waals surface area (Å²) in [5, 5.41) is 4.11. The van der Waals surface area contributed by atoms with Gasteiger partial charge in [-0.3, -0.25) is 0 Å². The van der Waals surface area contributed by atoms with Crippen molar-refractivity contribution in [3.8, 4) is 0 Å². The maximum absolute atomic E-state index is 5.78. The second-order valence-corrected chi connectivity index (χ2v) is 6.68. The van der Waals surface area contributed by atoms with Crippen molar-refractivity contribution >= 4 is 23.0 Å². The Morgan fingerprint density at radius 3 is 2.54 bits per heavy atom. The predicted molar refractivity (Wildman–Crippen MR) is 108 cm³/mol. The van der Waals surface area contributed by atoms with Gasteiger partial charge in [0.25, 0.3) is 0 Å². The average molecular weight is 369 g/mol. The number of anilines is 1. The summed E-state index contributed by atoms with van der Waals surface area (Å²) in [6, 6.07) is 14.0. The summed E-state index contributed by atoms with van der Waals surface area (Å²) >= 11 is 5.78. The smallest absolute Gasteiger partial charge is 0.174 e. The maximum atomic E-state index is 5.78. The minimum absolute atomic E-state index is 0.0239. The van der Waals surface area contributed by atoms with Gasteiger partial charge in [-0.1, -0.05) is 25.1 Å². The largest absolute Gasteiger partial charge is 0.467 e. The van der Waals surface area contributed by atoms with Crippen LogP contribution < -0.4 is 5.32 Å². The van der Waals surface area contributed by atoms with E-state index in [-0.39, 0.29) is 6.04 Å². The highest BCUT2D eigenvalue weighted by Gasteiger charge is 2.23. The molecule has 0 radical (unpaired) electrons. The molecule has 0 amide bonds. The fraction of sp³-hybridized carbons (Fsp3) is 0.286. The normalized spacial score (nSPS) is 12.0. The van der Waals surface area contributed by atoms with Gasteiger partial charge in [-0.25, -0.2) is 0 Å². The van der Waals surface area contributed by atoms with Crippen LogP contribution in [0.4, 0.5) is 5.69 Å². The Morgan fingerprint density at radius 1 is 1.12 bits per heavy atom. The molecule has 0 unspecified atom stereocenters. The Hall–Kier alpha value is -2.53. The molecule has 136 valence electrons. The molecule has 3 aromatic rings. The van der Waals surface area contributed by atoms with Crippen LogP contribution in [-0.2, 0) is 13.0 Å². The highest BCUT2D eigenvalue weighted by molar-refractivity contribution is 7.80. The van der Waals surface area contributed by atoms with E-state index in [1.54, 1.807) is 12.5 Å². The SMILES string of the molecule is CCc1cccc(C)c1NC(=S)N(Cc1ccco1)[C@H](C)c1ccco1. The van der Waals surface area contributed by atoms with E-state index >= 15 is 0 Å². The third-order valence-electron chi connectivity index (χ3n) is 4.56. The number of furan rings is 2. The molecule has 1 aromatic carbocycles. The van der Waals surface area contributed by atoms with Crippen molar-refractivity contribution in [3.05, 3.63) is 77.6 Å². The summed E-state index contributed by atoms with van der Waals surface area (Å²) in [7, 11) is 0. The summed E-state index contributed by atoms with van der Waals surface area (Å²) < 4.78 is 11.1. The van der Waals surface area contributed by atoms with Crippen molar-refractivity contribution in [2.45, 2.75) is 39.8 Å². The zero-order chi connectivity index (χ0) is 18.5. The lowest BCUT2D eigenvalue weighted by Gasteiger charge is -2.30. The van der Waals surface area contributed by atoms with Gasteiger partial charge in [-0.2, -0.15) is 0 Å². The quantitative estimate of drug-likeness (QED) is 0.565. The van der Waals surface area contributed by atoms with Gasteiger partial charge in [0.15, 0.2) is 5.11 Å². The van der Waals surface area contributed by atoms with Crippen molar-refractivity contribution in [3.63, 3.8) is 0 Å². The van der Waals surface area contributed by atoms with E-state index in [1.165, 1.54) is 11.1 Å². The van der Waals surface area contributed by atoms with E-state index in [9.17, 15) is 0 Å². The molecule has 2 heterocycles. The molecule has 0 saturated heterocycles. The number of nitrogens with one attached hydrogen (secondary N) is 1. The lowest BCUT2D eigenvalue weighted by atomic mass is 10.1. The highest BCUT2D eigenvalue weighted by Crippen LogP contribution is 2.26. The lowest BCUT2D eigenvalue weighted by molar-refractivity contribution is 0.269. The van der Waals surface area contributed by atoms with E-state index in [2.05, 4.69) is 49.2 Å². The van der Waals surface area contributed by atoms with E-state index in [0.717, 1.165) is 23.6 Å². The molecular formula is C21H24N2O2S. The average Bonchev–Trinajstić information content (AvgIpc) is 3.34. The van der Waals surface area contributed by atoms with Gasteiger partial charge in [0.05, 0.1) is 25.1 Å². The second-order valence-electron chi connectivity index (χ2n) is 6.29. The molecule has 2 aromatic heterocycles. The van der Waals surface area contributed by atoms with Crippen LogP contribution in [0.2, 0.25) is 0 Å². The van der Waals surface area contributed by atoms with Crippen LogP contribution in [0.1, 0.15) is 42.5 Å². The zero-order valence-electron chi connectivity index (χ0n) is 15.4. The van der Waals surface area contributed by atoms with Crippen LogP contribution in [0, 0.1) is 6.92 Å². The standard InChI is InChI=1S/C21H24N2O2S/c1-4-17-9-5-8-15(2)20(17)22-21(26)23(14-18-10-6-12-24-18)16(3)19-11-7-13-25-19/h5-13,16H,4,14H2,1-3H3,(H,22,26)/t16-/m1/s1. The first-order chi connectivity index (χ1) is 12.6. The number of hydrogen-bond donors (Lipinski definition) is 1. The van der Waals surface area contributed by atoms with Crippen LogP contribution in [0.3, 0.4) is 0 Å². The monoisotopic (exact) mass is 368 g/mol. The lowest BCUT2D eigenvalue weighted by Crippen LogP contribution is -2.36. The Morgan fingerprint density at radius 2 is 1.88 bits per heavy atom. The molecule has 0 aliphatic carbocycles. The summed E-state index contributed by atoms with van der Waals surface area (Å²) in [5.41, 5.74) is 3.50. The van der Waals surface area contributed by atoms with Gasteiger partial charge in [0, 0.05) is 5.69 Å². The van der Waals surface area contributed by atoms with Crippen molar-refractivity contribution < 1.29 is 8.83 Å². The molecule has 4 nitrogen and oxygen atoms in total. The Kier molecular flexibility index (Phi) is 5.78. The summed E-state index contributed by atoms with van der Waals surface area (Å²) in [6.45, 7) is 6.88. The first-order valence-electron chi connectivity index (χ1n) is 8.82. The van der Waals surface area contributed by atoms with Crippen LogP contribution in [0.15, 0.2) is 63.8 Å². The van der Waals surface area contributed by atoms with E-state index in [4.69, 9.17) is 21.1 Å². The Bertz CT molecular complexity index is 841. The number of thiocarbonyl (C=S) groups is 1. The summed E-state index contributed by atoms with van der Waals surface area (Å²) in [5.74, 6) is 1.72. The van der Waals surface area contributed by atoms with Crippen molar-refractivity contribution in [2.75, 3.05) is 5.32 Å². The maximum Gasteiger partial charge on any atom is 0.174 e. The molecular weight excluding hydrogens is 344 g/mol. The molecule has 5 heteroatoms. The Balaban J connectivity index is 1.87. The van der Waals surface area contributed by atoms with Crippen LogP contribution in [0.25, 0.3) is 0 Å². The molecule has 0 aliphatic rings. The predicted octanol–water partition coefficient (Wildman–Crippen LogP) is 5.70. The van der Waals surface area contributed by atoms with Gasteiger partial charge < -0.3 is 19.1 Å². The molecule has 0 aliphatic heterocycles. The third kappa shape index (κ3) is 3.99. The van der Waals surface area contributed by atoms with E-state index in [0.29, 0.717) is 11.7 Å². The minimum Gasteiger partial charge on any atom is -0.467 e. The van der Waals surface area contributed by atoms with Crippen molar-refractivity contribution in [1.82, 2.24) is 4.90 Å². The van der Waals surface area contributed by atoms with E-state index < -0.39 is 0 Å². The number of aryl methyl sites for hydroxylation is 2. The Labute approximate surface area is 159 Å². The van der Waals surface area contributed by atoms with Gasteiger partial charge in [0.1, 0.15) is 11.5 Å². The van der Waals surface area contributed by atoms with Crippen LogP contribution >= 0.6 is 12.2 Å². The third-order valence-corrected chi connectivity index (χ3v) is 4.90. The first-order valence-corrected chi connectivity index (χ1v) is 9.22. The fourth-order valence-corrected chi connectivity index (χ4v) is 3.34. The number of hydrogen-bond acceptors (Lipinski definition) is 3. The summed E-state index contributed by atoms with van der Waals surface area (Å²) in [4.78, 5) is 2.08. The number of nitrogens with zero attached hydrogens (tertiary/aromatic N) is 1.